The maximum atomic E-state index is 6.03. The Labute approximate surface area is 159 Å². The normalized spacial score (nSPS) is 9.58. The van der Waals surface area contributed by atoms with Gasteiger partial charge in [-0.05, 0) is 24.3 Å². The van der Waals surface area contributed by atoms with E-state index in [2.05, 4.69) is 4.98 Å². The molecule has 0 amide bonds. The molecule has 0 aliphatic rings. The van der Waals surface area contributed by atoms with Crippen molar-refractivity contribution < 1.29 is 14.2 Å². The van der Waals surface area contributed by atoms with E-state index in [0.717, 1.165) is 10.9 Å². The molecule has 6 heteroatoms. The molecule has 3 rings (SSSR count). The van der Waals surface area contributed by atoms with Gasteiger partial charge in [0.25, 0.3) is 0 Å². The smallest absolute Gasteiger partial charge is 0.162 e. The number of anilines is 1. The predicted molar refractivity (Wildman–Crippen MR) is 109 cm³/mol. The lowest BCUT2D eigenvalue weighted by atomic mass is 10.2. The van der Waals surface area contributed by atoms with Crippen LogP contribution in [0.3, 0.4) is 0 Å². The van der Waals surface area contributed by atoms with Crippen LogP contribution in [0.25, 0.3) is 10.9 Å². The fraction of sp³-hybridized carbons (Fsp3) is 0.250. The Bertz CT molecular complexity index is 869. The summed E-state index contributed by atoms with van der Waals surface area (Å²) in [7, 11) is 3.17. The van der Waals surface area contributed by atoms with Gasteiger partial charge in [0.1, 0.15) is 11.5 Å². The summed E-state index contributed by atoms with van der Waals surface area (Å²) in [6, 6.07) is 10.5. The third-order valence-corrected chi connectivity index (χ3v) is 3.73. The first-order valence-corrected chi connectivity index (χ1v) is 8.24. The van der Waals surface area contributed by atoms with E-state index in [1.54, 1.807) is 50.7 Å². The lowest BCUT2D eigenvalue weighted by molar-refractivity contribution is 0.355. The average molecular weight is 377 g/mol. The summed E-state index contributed by atoms with van der Waals surface area (Å²) in [6.45, 7) is 4.00. The maximum absolute atomic E-state index is 6.03. The minimum atomic E-state index is 0. The zero-order valence-corrected chi connectivity index (χ0v) is 15.4. The minimum Gasteiger partial charge on any atom is -0.493 e. The fourth-order valence-electron chi connectivity index (χ4n) is 2.23. The molecule has 5 nitrogen and oxygen atoms in total. The average Bonchev–Trinajstić information content (AvgIpc) is 2.65. The second-order valence-corrected chi connectivity index (χ2v) is 5.23. The van der Waals surface area contributed by atoms with Crippen molar-refractivity contribution in [1.82, 2.24) is 4.98 Å². The number of ether oxygens (including phenoxy) is 3. The van der Waals surface area contributed by atoms with Crippen LogP contribution in [0.15, 0.2) is 42.6 Å². The number of aromatic nitrogens is 1. The first-order chi connectivity index (χ1) is 12.1. The molecule has 0 spiro atoms. The van der Waals surface area contributed by atoms with E-state index < -0.39 is 0 Å². The lowest BCUT2D eigenvalue weighted by Gasteiger charge is -2.12. The van der Waals surface area contributed by atoms with Crippen molar-refractivity contribution in [2.75, 3.05) is 20.0 Å². The van der Waals surface area contributed by atoms with Gasteiger partial charge < -0.3 is 19.9 Å². The number of benzene rings is 2. The Morgan fingerprint density at radius 3 is 2.19 bits per heavy atom. The number of pyridine rings is 1. The predicted octanol–water partition coefficient (Wildman–Crippen LogP) is 5.94. The first-order valence-electron chi connectivity index (χ1n) is 7.86. The van der Waals surface area contributed by atoms with E-state index >= 15 is 0 Å². The van der Waals surface area contributed by atoms with Crippen molar-refractivity contribution >= 4 is 28.2 Å². The summed E-state index contributed by atoms with van der Waals surface area (Å²) >= 11 is 6.03. The number of methoxy groups -OCH3 is 2. The Hall–Kier alpha value is -2.66. The molecule has 0 atom stereocenters. The van der Waals surface area contributed by atoms with Gasteiger partial charge in [0.15, 0.2) is 11.5 Å². The summed E-state index contributed by atoms with van der Waals surface area (Å²) < 4.78 is 16.6. The molecule has 1 aromatic heterocycles. The molecule has 26 heavy (non-hydrogen) atoms. The van der Waals surface area contributed by atoms with Crippen LogP contribution in [0.5, 0.6) is 23.0 Å². The highest BCUT2D eigenvalue weighted by molar-refractivity contribution is 6.33. The number of fused-ring (bicyclic) bond motifs is 1. The third kappa shape index (κ3) is 4.49. The van der Waals surface area contributed by atoms with Crippen molar-refractivity contribution in [1.29, 1.82) is 0 Å². The van der Waals surface area contributed by atoms with Crippen LogP contribution in [0.4, 0.5) is 5.69 Å². The number of nitrogen functional groups attached to an aromatic ring is 1. The van der Waals surface area contributed by atoms with Crippen LogP contribution in [-0.4, -0.2) is 19.2 Å². The van der Waals surface area contributed by atoms with Gasteiger partial charge in [0.05, 0.1) is 30.4 Å². The van der Waals surface area contributed by atoms with Crippen LogP contribution in [0.1, 0.15) is 21.3 Å². The molecule has 2 aromatic carbocycles. The van der Waals surface area contributed by atoms with Gasteiger partial charge in [-0.3, -0.25) is 4.98 Å². The van der Waals surface area contributed by atoms with Gasteiger partial charge in [0.2, 0.25) is 0 Å². The molecule has 0 unspecified atom stereocenters. The number of rotatable bonds is 4. The molecule has 1 heterocycles. The molecule has 0 bridgehead atoms. The zero-order valence-electron chi connectivity index (χ0n) is 14.7. The van der Waals surface area contributed by atoms with Crippen LogP contribution in [0, 0.1) is 0 Å². The van der Waals surface area contributed by atoms with Gasteiger partial charge in [-0.2, -0.15) is 0 Å². The Morgan fingerprint density at radius 2 is 1.58 bits per heavy atom. The van der Waals surface area contributed by atoms with E-state index in [0.29, 0.717) is 33.7 Å². The van der Waals surface area contributed by atoms with Crippen molar-refractivity contribution in [3.05, 3.63) is 47.6 Å². The molecule has 0 aliphatic heterocycles. The Kier molecular flexibility index (Phi) is 8.00. The highest BCUT2D eigenvalue weighted by Gasteiger charge is 2.11. The number of hydrogen-bond acceptors (Lipinski definition) is 5. The van der Waals surface area contributed by atoms with Crippen LogP contribution >= 0.6 is 11.6 Å². The fourth-order valence-corrected chi connectivity index (χ4v) is 2.41. The SMILES string of the molecule is C.CC.COc1cc2nccc(Oc3ccc(N)c(Cl)c3)c2cc1OC. The molecule has 0 saturated carbocycles. The van der Waals surface area contributed by atoms with Crippen molar-refractivity contribution in [2.24, 2.45) is 0 Å². The van der Waals surface area contributed by atoms with E-state index in [1.165, 1.54) is 0 Å². The standard InChI is InChI=1S/C17H15ClN2O3.C2H6.CH4/c1-21-16-8-11-14(9-17(16)22-2)20-6-5-15(11)23-10-3-4-13(19)12(18)7-10;1-2;/h3-9H,19H2,1-2H3;1-2H3;1H4. The summed E-state index contributed by atoms with van der Waals surface area (Å²) in [5.74, 6) is 2.44. The van der Waals surface area contributed by atoms with E-state index in [9.17, 15) is 0 Å². The second-order valence-electron chi connectivity index (χ2n) is 4.82. The van der Waals surface area contributed by atoms with Crippen LogP contribution in [-0.2, 0) is 0 Å². The number of halogens is 1. The quantitative estimate of drug-likeness (QED) is 0.570. The van der Waals surface area contributed by atoms with Crippen molar-refractivity contribution in [3.8, 4) is 23.0 Å². The van der Waals surface area contributed by atoms with E-state index in [-0.39, 0.29) is 7.43 Å². The van der Waals surface area contributed by atoms with Gasteiger partial charge in [-0.25, -0.2) is 0 Å². The Morgan fingerprint density at radius 1 is 0.923 bits per heavy atom. The summed E-state index contributed by atoms with van der Waals surface area (Å²) in [5.41, 5.74) is 6.96. The van der Waals surface area contributed by atoms with Gasteiger partial charge in [-0.15, -0.1) is 0 Å². The zero-order chi connectivity index (χ0) is 18.4. The monoisotopic (exact) mass is 376 g/mol. The molecule has 0 aliphatic carbocycles. The van der Waals surface area contributed by atoms with Gasteiger partial charge >= 0.3 is 0 Å². The van der Waals surface area contributed by atoms with Gasteiger partial charge in [0, 0.05) is 23.7 Å². The van der Waals surface area contributed by atoms with Crippen molar-refractivity contribution in [3.63, 3.8) is 0 Å². The second kappa shape index (κ2) is 9.73. The minimum absolute atomic E-state index is 0. The molecule has 0 saturated heterocycles. The third-order valence-electron chi connectivity index (χ3n) is 3.41. The first kappa shape index (κ1) is 21.4. The highest BCUT2D eigenvalue weighted by atomic mass is 35.5. The van der Waals surface area contributed by atoms with E-state index in [1.807, 2.05) is 19.9 Å². The topological polar surface area (TPSA) is 66.6 Å². The van der Waals surface area contributed by atoms with Crippen LogP contribution < -0.4 is 19.9 Å². The molecule has 3 aromatic rings. The summed E-state index contributed by atoms with van der Waals surface area (Å²) in [4.78, 5) is 4.34. The van der Waals surface area contributed by atoms with Crippen LogP contribution in [0.2, 0.25) is 5.02 Å². The van der Waals surface area contributed by atoms with E-state index in [4.69, 9.17) is 31.5 Å². The number of nitrogens with zero attached hydrogens (tertiary/aromatic N) is 1. The summed E-state index contributed by atoms with van der Waals surface area (Å²) in [6.07, 6.45) is 1.67. The lowest BCUT2D eigenvalue weighted by Crippen LogP contribution is -1.93. The summed E-state index contributed by atoms with van der Waals surface area (Å²) in [5, 5.41) is 1.25. The molecule has 2 N–H and O–H groups in total. The molecule has 140 valence electrons. The number of nitrogens with two attached hydrogens (primary N) is 1. The largest absolute Gasteiger partial charge is 0.493 e. The molecular weight excluding hydrogens is 352 g/mol. The highest BCUT2D eigenvalue weighted by Crippen LogP contribution is 2.37. The number of hydrogen-bond donors (Lipinski definition) is 1. The van der Waals surface area contributed by atoms with Crippen molar-refractivity contribution in [2.45, 2.75) is 21.3 Å². The molecule has 0 radical (unpaired) electrons. The molecule has 0 fully saturated rings. The Balaban J connectivity index is 0.00000109. The maximum Gasteiger partial charge on any atom is 0.162 e. The molecular formula is C20H25ClN2O3. The van der Waals surface area contributed by atoms with Gasteiger partial charge in [-0.1, -0.05) is 32.9 Å².